The lowest BCUT2D eigenvalue weighted by molar-refractivity contribution is 1.27. The van der Waals surface area contributed by atoms with Gasteiger partial charge in [-0.2, -0.15) is 0 Å². The van der Waals surface area contributed by atoms with E-state index in [0.717, 1.165) is 22.5 Å². The molecule has 0 N–H and O–H groups in total. The molecule has 0 aliphatic rings. The van der Waals surface area contributed by atoms with Crippen molar-refractivity contribution in [3.63, 3.8) is 0 Å². The van der Waals surface area contributed by atoms with Gasteiger partial charge in [0.15, 0.2) is 0 Å². The molecule has 59 heavy (non-hydrogen) atoms. The van der Waals surface area contributed by atoms with Crippen molar-refractivity contribution in [2.24, 2.45) is 14.5 Å². The van der Waals surface area contributed by atoms with Gasteiger partial charge < -0.3 is 0 Å². The van der Waals surface area contributed by atoms with E-state index in [4.69, 9.17) is 14.5 Å². The molecule has 8 aromatic carbocycles. The Morgan fingerprint density at radius 1 is 0.322 bits per heavy atom. The Kier molecular flexibility index (Phi) is 12.8. The summed E-state index contributed by atoms with van der Waals surface area (Å²) in [6.45, 7) is 0.533. The second kappa shape index (κ2) is 19.2. The second-order valence-electron chi connectivity index (χ2n) is 13.9. The number of allylic oxidation sites excluding steroid dienone is 1. The fraction of sp³-hybridized carbons (Fsp3) is 0.0185. The van der Waals surface area contributed by atoms with Gasteiger partial charge in [0.05, 0.1) is 32.0 Å². The third-order valence-electron chi connectivity index (χ3n) is 10.1. The quantitative estimate of drug-likeness (QED) is 0.0823. The van der Waals surface area contributed by atoms with Crippen LogP contribution in [-0.4, -0.2) is 12.8 Å². The smallest absolute Gasteiger partial charge is 0.0697 e. The molecule has 3 nitrogen and oxygen atoms in total. The highest BCUT2D eigenvalue weighted by Crippen LogP contribution is 2.51. The number of hydrogen-bond donors (Lipinski definition) is 0. The minimum absolute atomic E-state index is 0.533. The lowest BCUT2D eigenvalue weighted by Crippen LogP contribution is -2.25. The second-order valence-corrected chi connectivity index (χ2v) is 19.9. The van der Waals surface area contributed by atoms with Crippen LogP contribution in [0.3, 0.4) is 0 Å². The van der Waals surface area contributed by atoms with E-state index in [1.807, 2.05) is 12.3 Å². The summed E-state index contributed by atoms with van der Waals surface area (Å²) in [6, 6.07) is 81.3. The maximum absolute atomic E-state index is 5.76. The molecule has 0 saturated heterocycles. The number of nitrogens with zero attached hydrogens (tertiary/aromatic N) is 3. The van der Waals surface area contributed by atoms with Gasteiger partial charge in [0, 0.05) is 43.6 Å². The van der Waals surface area contributed by atoms with E-state index < -0.39 is 14.1 Å². The van der Waals surface area contributed by atoms with Crippen molar-refractivity contribution in [2.45, 2.75) is 0 Å². The van der Waals surface area contributed by atoms with Crippen molar-refractivity contribution >= 4 is 75.7 Å². The van der Waals surface area contributed by atoms with E-state index in [0.29, 0.717) is 6.54 Å². The summed E-state index contributed by atoms with van der Waals surface area (Å²) in [5, 5.41) is 7.30. The van der Waals surface area contributed by atoms with Crippen LogP contribution in [0.2, 0.25) is 0 Å². The molecule has 0 aliphatic heterocycles. The molecule has 0 fully saturated rings. The predicted octanol–water partition coefficient (Wildman–Crippen LogP) is 12.1. The molecule has 0 unspecified atom stereocenters. The Bertz CT molecular complexity index is 2580. The summed E-state index contributed by atoms with van der Waals surface area (Å²) in [7, 11) is -4.82. The van der Waals surface area contributed by atoms with Crippen molar-refractivity contribution in [1.29, 1.82) is 0 Å². The lowest BCUT2D eigenvalue weighted by Gasteiger charge is -2.27. The SMILES string of the molecule is C(/C=C/c1ccccc1N=P(c1ccccc1)(c1ccccc1)c1ccccc1)=NC/C=C/c1ccccc1N=P(c1ccccc1)(c1ccccc1)c1ccccc1. The van der Waals surface area contributed by atoms with Crippen molar-refractivity contribution in [2.75, 3.05) is 6.54 Å². The topological polar surface area (TPSA) is 37.1 Å². The van der Waals surface area contributed by atoms with Crippen LogP contribution in [0.1, 0.15) is 11.1 Å². The molecule has 0 aliphatic carbocycles. The van der Waals surface area contributed by atoms with Gasteiger partial charge >= 0.3 is 0 Å². The number of hydrogen-bond acceptors (Lipinski definition) is 3. The van der Waals surface area contributed by atoms with Gasteiger partial charge in [-0.15, -0.1) is 0 Å². The molecule has 0 aromatic heterocycles. The predicted molar refractivity (Wildman–Crippen MR) is 259 cm³/mol. The van der Waals surface area contributed by atoms with Gasteiger partial charge in [0.1, 0.15) is 0 Å². The van der Waals surface area contributed by atoms with Crippen molar-refractivity contribution in [3.05, 3.63) is 254 Å². The molecular weight excluding hydrogens is 753 g/mol. The fourth-order valence-corrected chi connectivity index (χ4v) is 14.5. The van der Waals surface area contributed by atoms with E-state index >= 15 is 0 Å². The lowest BCUT2D eigenvalue weighted by atomic mass is 10.1. The zero-order valence-electron chi connectivity index (χ0n) is 32.8. The number of benzene rings is 8. The first-order valence-corrected chi connectivity index (χ1v) is 23.4. The van der Waals surface area contributed by atoms with Gasteiger partial charge in [-0.05, 0) is 23.8 Å². The third-order valence-corrected chi connectivity index (χ3v) is 17.4. The minimum Gasteiger partial charge on any atom is -0.289 e. The van der Waals surface area contributed by atoms with Crippen LogP contribution < -0.4 is 31.8 Å². The molecule has 0 heterocycles. The Hall–Kier alpha value is -6.63. The number of rotatable bonds is 13. The summed E-state index contributed by atoms with van der Waals surface area (Å²) in [5.74, 6) is 0. The van der Waals surface area contributed by atoms with Crippen LogP contribution in [0.15, 0.2) is 257 Å². The summed E-state index contributed by atoms with van der Waals surface area (Å²) >= 11 is 0. The first kappa shape index (κ1) is 39.2. The van der Waals surface area contributed by atoms with Gasteiger partial charge in [-0.1, -0.05) is 237 Å². The van der Waals surface area contributed by atoms with Crippen LogP contribution in [0.5, 0.6) is 0 Å². The van der Waals surface area contributed by atoms with Gasteiger partial charge in [0.2, 0.25) is 0 Å². The van der Waals surface area contributed by atoms with Crippen LogP contribution in [-0.2, 0) is 0 Å². The first-order valence-electron chi connectivity index (χ1n) is 19.9. The van der Waals surface area contributed by atoms with E-state index in [2.05, 4.69) is 249 Å². The molecule has 8 aromatic rings. The Balaban J connectivity index is 1.10. The number of aliphatic imine (C=N–C) groups is 1. The minimum atomic E-state index is -2.41. The zero-order valence-corrected chi connectivity index (χ0v) is 34.6. The molecule has 0 saturated carbocycles. The van der Waals surface area contributed by atoms with Gasteiger partial charge in [0.25, 0.3) is 0 Å². The molecular formula is C54H45N3P2. The monoisotopic (exact) mass is 797 g/mol. The van der Waals surface area contributed by atoms with Crippen LogP contribution >= 0.6 is 14.1 Å². The van der Waals surface area contributed by atoms with E-state index in [1.165, 1.54) is 31.8 Å². The molecule has 0 spiro atoms. The molecule has 286 valence electrons. The van der Waals surface area contributed by atoms with E-state index in [9.17, 15) is 0 Å². The van der Waals surface area contributed by atoms with Crippen LogP contribution in [0, 0.1) is 0 Å². The van der Waals surface area contributed by atoms with Crippen molar-refractivity contribution < 1.29 is 0 Å². The average molecular weight is 798 g/mol. The Morgan fingerprint density at radius 3 is 0.949 bits per heavy atom. The highest BCUT2D eigenvalue weighted by atomic mass is 31.2. The molecule has 0 radical (unpaired) electrons. The Morgan fingerprint density at radius 2 is 0.610 bits per heavy atom. The third kappa shape index (κ3) is 8.79. The van der Waals surface area contributed by atoms with E-state index in [-0.39, 0.29) is 0 Å². The van der Waals surface area contributed by atoms with E-state index in [1.54, 1.807) is 0 Å². The highest BCUT2D eigenvalue weighted by Gasteiger charge is 2.29. The zero-order chi connectivity index (χ0) is 40.0. The summed E-state index contributed by atoms with van der Waals surface area (Å²) in [4.78, 5) is 4.75. The molecule has 8 rings (SSSR count). The Labute approximate surface area is 349 Å². The summed E-state index contributed by atoms with van der Waals surface area (Å²) < 4.78 is 11.5. The highest BCUT2D eigenvalue weighted by molar-refractivity contribution is 7.88. The van der Waals surface area contributed by atoms with Crippen LogP contribution in [0.25, 0.3) is 12.2 Å². The maximum Gasteiger partial charge on any atom is 0.0697 e. The molecule has 0 atom stereocenters. The average Bonchev–Trinajstić information content (AvgIpc) is 3.32. The summed E-state index contributed by atoms with van der Waals surface area (Å²) in [6.07, 6.45) is 10.2. The molecule has 0 bridgehead atoms. The largest absolute Gasteiger partial charge is 0.289 e. The standard InChI is InChI=1S/C54H45N3P2/c1-7-29-47(30-8-1)58(48-31-9-2-10-32-48,49-33-11-3-12-34-49)56-53-41-21-19-25-45(53)27-23-43-55-44-24-28-46-26-20-22-42-54(46)57-59(50-35-13-4-14-36-50,51-37-15-5-16-38-51)52-39-17-6-18-40-52/h1-43H,44H2/b27-23+,28-24+,55-43?. The van der Waals surface area contributed by atoms with Crippen molar-refractivity contribution in [1.82, 2.24) is 0 Å². The van der Waals surface area contributed by atoms with Gasteiger partial charge in [-0.25, -0.2) is 0 Å². The van der Waals surface area contributed by atoms with Crippen LogP contribution in [0.4, 0.5) is 11.4 Å². The normalized spacial score (nSPS) is 11.9. The van der Waals surface area contributed by atoms with Gasteiger partial charge in [-0.3, -0.25) is 14.5 Å². The fourth-order valence-electron chi connectivity index (χ4n) is 7.37. The summed E-state index contributed by atoms with van der Waals surface area (Å²) in [5.41, 5.74) is 4.00. The molecule has 0 amide bonds. The molecule has 5 heteroatoms. The maximum atomic E-state index is 5.76. The first-order chi connectivity index (χ1) is 29.3. The van der Waals surface area contributed by atoms with Crippen molar-refractivity contribution in [3.8, 4) is 0 Å².